The molecule has 3 atom stereocenters. The Bertz CT molecular complexity index is 557. The third kappa shape index (κ3) is 3.12. The van der Waals surface area contributed by atoms with Gasteiger partial charge in [0.2, 0.25) is 0 Å². The summed E-state index contributed by atoms with van der Waals surface area (Å²) in [6.45, 7) is 3.55. The first-order valence-electron chi connectivity index (χ1n) is 9.34. The molecule has 3 heterocycles. The summed E-state index contributed by atoms with van der Waals surface area (Å²) in [6, 6.07) is 2.93. The van der Waals surface area contributed by atoms with Crippen molar-refractivity contribution >= 4 is 0 Å². The molecule has 6 heteroatoms. The van der Waals surface area contributed by atoms with E-state index in [0.29, 0.717) is 6.04 Å². The first-order chi connectivity index (χ1) is 11.7. The van der Waals surface area contributed by atoms with E-state index in [1.165, 1.54) is 25.0 Å². The van der Waals surface area contributed by atoms with Crippen molar-refractivity contribution in [3.63, 3.8) is 0 Å². The van der Waals surface area contributed by atoms with Gasteiger partial charge in [-0.15, -0.1) is 0 Å². The highest BCUT2D eigenvalue weighted by Crippen LogP contribution is 2.42. The Labute approximate surface area is 144 Å². The molecule has 2 saturated heterocycles. The van der Waals surface area contributed by atoms with E-state index in [0.717, 1.165) is 39.1 Å². The SMILES string of the molecule is CN1CCO[C@@H](CNC2CCOC3(CCC3)C2)[C@@H]1c1ccnn1C. The summed E-state index contributed by atoms with van der Waals surface area (Å²) in [5.41, 5.74) is 1.42. The van der Waals surface area contributed by atoms with Gasteiger partial charge in [0.25, 0.3) is 0 Å². The third-order valence-electron chi connectivity index (χ3n) is 6.13. The van der Waals surface area contributed by atoms with E-state index in [-0.39, 0.29) is 17.7 Å². The van der Waals surface area contributed by atoms with Gasteiger partial charge in [0.1, 0.15) is 0 Å². The van der Waals surface area contributed by atoms with Gasteiger partial charge in [0, 0.05) is 39.0 Å². The van der Waals surface area contributed by atoms with Crippen LogP contribution in [0.1, 0.15) is 43.8 Å². The summed E-state index contributed by atoms with van der Waals surface area (Å²) in [6.07, 6.45) is 8.12. The maximum Gasteiger partial charge on any atom is 0.0911 e. The first kappa shape index (κ1) is 16.5. The van der Waals surface area contributed by atoms with E-state index in [1.54, 1.807) is 0 Å². The molecule has 6 nitrogen and oxygen atoms in total. The van der Waals surface area contributed by atoms with Crippen LogP contribution in [0, 0.1) is 0 Å². The number of nitrogens with zero attached hydrogens (tertiary/aromatic N) is 3. The largest absolute Gasteiger partial charge is 0.375 e. The van der Waals surface area contributed by atoms with Gasteiger partial charge in [-0.3, -0.25) is 9.58 Å². The van der Waals surface area contributed by atoms with Crippen molar-refractivity contribution in [3.8, 4) is 0 Å². The second-order valence-electron chi connectivity index (χ2n) is 7.70. The van der Waals surface area contributed by atoms with Crippen LogP contribution in [0.3, 0.4) is 0 Å². The zero-order chi connectivity index (χ0) is 16.6. The highest BCUT2D eigenvalue weighted by atomic mass is 16.5. The lowest BCUT2D eigenvalue weighted by Gasteiger charge is -2.48. The summed E-state index contributed by atoms with van der Waals surface area (Å²) in [7, 11) is 4.20. The maximum absolute atomic E-state index is 6.15. The summed E-state index contributed by atoms with van der Waals surface area (Å²) in [5, 5.41) is 8.13. The lowest BCUT2D eigenvalue weighted by molar-refractivity contribution is -0.137. The molecule has 1 N–H and O–H groups in total. The molecule has 3 aliphatic rings. The minimum atomic E-state index is 0.166. The number of morpholine rings is 1. The molecular formula is C18H30N4O2. The second kappa shape index (κ2) is 6.75. The fourth-order valence-electron chi connectivity index (χ4n) is 4.53. The van der Waals surface area contributed by atoms with E-state index in [4.69, 9.17) is 9.47 Å². The molecule has 134 valence electrons. The number of likely N-dealkylation sites (N-methyl/N-ethyl adjacent to an activating group) is 1. The Morgan fingerprint density at radius 1 is 1.33 bits per heavy atom. The third-order valence-corrected chi connectivity index (χ3v) is 6.13. The topological polar surface area (TPSA) is 51.6 Å². The van der Waals surface area contributed by atoms with E-state index in [1.807, 2.05) is 17.9 Å². The Balaban J connectivity index is 1.39. The van der Waals surface area contributed by atoms with Crippen LogP contribution in [0.2, 0.25) is 0 Å². The molecule has 4 rings (SSSR count). The molecule has 1 aliphatic carbocycles. The number of rotatable bonds is 4. The Morgan fingerprint density at radius 2 is 2.21 bits per heavy atom. The average molecular weight is 334 g/mol. The van der Waals surface area contributed by atoms with Crippen molar-refractivity contribution < 1.29 is 9.47 Å². The molecule has 2 aliphatic heterocycles. The van der Waals surface area contributed by atoms with Crippen LogP contribution in [-0.2, 0) is 16.5 Å². The molecule has 1 saturated carbocycles. The lowest BCUT2D eigenvalue weighted by Crippen LogP contribution is -2.54. The molecule has 3 fully saturated rings. The predicted octanol–water partition coefficient (Wildman–Crippen LogP) is 1.48. The smallest absolute Gasteiger partial charge is 0.0911 e. The van der Waals surface area contributed by atoms with Gasteiger partial charge in [0.05, 0.1) is 30.0 Å². The standard InChI is InChI=1S/C18H30N4O2/c1-21-9-11-23-16(17(21)15-4-8-20-22(15)2)13-19-14-5-10-24-18(12-14)6-3-7-18/h4,8,14,16-17,19H,3,5-7,9-13H2,1-2H3/t14?,16-,17-/m0/s1. The predicted molar refractivity (Wildman–Crippen MR) is 91.9 cm³/mol. The summed E-state index contributed by atoms with van der Waals surface area (Å²) >= 11 is 0. The molecular weight excluding hydrogens is 304 g/mol. The molecule has 0 bridgehead atoms. The number of hydrogen-bond acceptors (Lipinski definition) is 5. The van der Waals surface area contributed by atoms with Gasteiger partial charge in [-0.05, 0) is 45.2 Å². The van der Waals surface area contributed by atoms with Crippen molar-refractivity contribution in [3.05, 3.63) is 18.0 Å². The second-order valence-corrected chi connectivity index (χ2v) is 7.70. The van der Waals surface area contributed by atoms with Crippen LogP contribution in [0.15, 0.2) is 12.3 Å². The van der Waals surface area contributed by atoms with Gasteiger partial charge in [0.15, 0.2) is 0 Å². The van der Waals surface area contributed by atoms with E-state index < -0.39 is 0 Å². The quantitative estimate of drug-likeness (QED) is 0.904. The van der Waals surface area contributed by atoms with Crippen LogP contribution in [0.5, 0.6) is 0 Å². The number of aryl methyl sites for hydroxylation is 1. The molecule has 0 amide bonds. The van der Waals surface area contributed by atoms with E-state index >= 15 is 0 Å². The summed E-state index contributed by atoms with van der Waals surface area (Å²) < 4.78 is 14.2. The lowest BCUT2D eigenvalue weighted by atomic mass is 9.74. The Kier molecular flexibility index (Phi) is 4.64. The van der Waals surface area contributed by atoms with Crippen molar-refractivity contribution in [1.82, 2.24) is 20.0 Å². The molecule has 0 radical (unpaired) electrons. The monoisotopic (exact) mass is 334 g/mol. The van der Waals surface area contributed by atoms with Crippen molar-refractivity contribution in [2.24, 2.45) is 7.05 Å². The zero-order valence-electron chi connectivity index (χ0n) is 14.9. The number of ether oxygens (including phenoxy) is 2. The van der Waals surface area contributed by atoms with Gasteiger partial charge in [-0.25, -0.2) is 0 Å². The van der Waals surface area contributed by atoms with E-state index in [2.05, 4.69) is 28.4 Å². The Morgan fingerprint density at radius 3 is 2.92 bits per heavy atom. The van der Waals surface area contributed by atoms with Crippen molar-refractivity contribution in [2.45, 2.75) is 55.9 Å². The van der Waals surface area contributed by atoms with Crippen LogP contribution < -0.4 is 5.32 Å². The van der Waals surface area contributed by atoms with Crippen LogP contribution in [0.25, 0.3) is 0 Å². The van der Waals surface area contributed by atoms with Crippen LogP contribution in [-0.4, -0.2) is 65.8 Å². The van der Waals surface area contributed by atoms with Gasteiger partial charge < -0.3 is 14.8 Å². The summed E-state index contributed by atoms with van der Waals surface area (Å²) in [4.78, 5) is 2.39. The summed E-state index contributed by atoms with van der Waals surface area (Å²) in [5.74, 6) is 0. The molecule has 1 aromatic heterocycles. The van der Waals surface area contributed by atoms with Gasteiger partial charge in [-0.1, -0.05) is 0 Å². The fraction of sp³-hybridized carbons (Fsp3) is 0.833. The van der Waals surface area contributed by atoms with Crippen molar-refractivity contribution in [1.29, 1.82) is 0 Å². The normalized spacial score (nSPS) is 33.5. The number of nitrogens with one attached hydrogen (secondary N) is 1. The molecule has 24 heavy (non-hydrogen) atoms. The van der Waals surface area contributed by atoms with Gasteiger partial charge >= 0.3 is 0 Å². The first-order valence-corrected chi connectivity index (χ1v) is 9.34. The molecule has 1 unspecified atom stereocenters. The minimum absolute atomic E-state index is 0.166. The average Bonchev–Trinajstić information content (AvgIpc) is 2.97. The Hall–Kier alpha value is -0.950. The molecule has 1 spiro atoms. The molecule has 0 aromatic carbocycles. The van der Waals surface area contributed by atoms with Gasteiger partial charge in [-0.2, -0.15) is 5.10 Å². The molecule has 1 aromatic rings. The van der Waals surface area contributed by atoms with Crippen LogP contribution in [0.4, 0.5) is 0 Å². The van der Waals surface area contributed by atoms with Crippen molar-refractivity contribution in [2.75, 3.05) is 33.4 Å². The minimum Gasteiger partial charge on any atom is -0.375 e. The fourth-order valence-corrected chi connectivity index (χ4v) is 4.53. The maximum atomic E-state index is 6.15. The highest BCUT2D eigenvalue weighted by Gasteiger charge is 2.43. The number of hydrogen-bond donors (Lipinski definition) is 1. The van der Waals surface area contributed by atoms with E-state index in [9.17, 15) is 0 Å². The van der Waals surface area contributed by atoms with Crippen LogP contribution >= 0.6 is 0 Å². The zero-order valence-corrected chi connectivity index (χ0v) is 14.9. The number of aromatic nitrogens is 2. The highest BCUT2D eigenvalue weighted by molar-refractivity contribution is 5.10.